The predicted molar refractivity (Wildman–Crippen MR) is 64.6 cm³/mol. The van der Waals surface area contributed by atoms with E-state index in [9.17, 15) is 0 Å². The van der Waals surface area contributed by atoms with E-state index in [-0.39, 0.29) is 0 Å². The lowest BCUT2D eigenvalue weighted by Crippen LogP contribution is -2.47. The Morgan fingerprint density at radius 3 is 3.19 bits per heavy atom. The first-order chi connectivity index (χ1) is 7.84. The van der Waals surface area contributed by atoms with Crippen LogP contribution < -0.4 is 5.32 Å². The van der Waals surface area contributed by atoms with Gasteiger partial charge in [0.25, 0.3) is 0 Å². The van der Waals surface area contributed by atoms with E-state index in [1.54, 1.807) is 0 Å². The molecule has 0 radical (unpaired) electrons. The topological polar surface area (TPSA) is 40.3 Å². The van der Waals surface area contributed by atoms with Gasteiger partial charge in [-0.05, 0) is 19.2 Å². The van der Waals surface area contributed by atoms with Gasteiger partial charge in [-0.15, -0.1) is 0 Å². The number of rotatable bonds is 5. The first-order valence-corrected chi connectivity index (χ1v) is 5.96. The van der Waals surface area contributed by atoms with Crippen molar-refractivity contribution in [1.29, 1.82) is 0 Å². The SMILES string of the molecule is CN(CCc1ccc[nH]1)CC1COCCN1. The molecular formula is C12H21N3O. The molecule has 1 fully saturated rings. The molecule has 1 aromatic heterocycles. The molecule has 2 rings (SSSR count). The molecule has 90 valence electrons. The third-order valence-corrected chi connectivity index (χ3v) is 2.96. The van der Waals surface area contributed by atoms with Crippen molar-refractivity contribution < 1.29 is 4.74 Å². The van der Waals surface area contributed by atoms with Gasteiger partial charge < -0.3 is 19.9 Å². The van der Waals surface area contributed by atoms with E-state index in [1.165, 1.54) is 5.69 Å². The number of likely N-dealkylation sites (N-methyl/N-ethyl adjacent to an activating group) is 1. The number of nitrogens with zero attached hydrogens (tertiary/aromatic N) is 1. The van der Waals surface area contributed by atoms with E-state index in [1.807, 2.05) is 12.3 Å². The minimum Gasteiger partial charge on any atom is -0.378 e. The first kappa shape index (κ1) is 11.6. The maximum Gasteiger partial charge on any atom is 0.0632 e. The minimum absolute atomic E-state index is 0.488. The van der Waals surface area contributed by atoms with Gasteiger partial charge in [-0.2, -0.15) is 0 Å². The summed E-state index contributed by atoms with van der Waals surface area (Å²) in [4.78, 5) is 5.58. The van der Waals surface area contributed by atoms with Gasteiger partial charge in [0.15, 0.2) is 0 Å². The highest BCUT2D eigenvalue weighted by Gasteiger charge is 2.14. The van der Waals surface area contributed by atoms with E-state index in [2.05, 4.69) is 28.3 Å². The Labute approximate surface area is 97.0 Å². The molecular weight excluding hydrogens is 202 g/mol. The number of ether oxygens (including phenoxy) is 1. The van der Waals surface area contributed by atoms with Crippen LogP contribution >= 0.6 is 0 Å². The number of aromatic amines is 1. The average molecular weight is 223 g/mol. The maximum atomic E-state index is 5.44. The second-order valence-electron chi connectivity index (χ2n) is 4.43. The fourth-order valence-corrected chi connectivity index (χ4v) is 2.04. The van der Waals surface area contributed by atoms with Crippen LogP contribution in [-0.4, -0.2) is 55.8 Å². The van der Waals surface area contributed by atoms with Crippen molar-refractivity contribution in [2.24, 2.45) is 0 Å². The van der Waals surface area contributed by atoms with Gasteiger partial charge in [-0.3, -0.25) is 0 Å². The van der Waals surface area contributed by atoms with Gasteiger partial charge in [-0.1, -0.05) is 0 Å². The van der Waals surface area contributed by atoms with Gasteiger partial charge in [0.05, 0.1) is 13.2 Å². The number of H-pyrrole nitrogens is 1. The highest BCUT2D eigenvalue weighted by Crippen LogP contribution is 2.00. The molecule has 4 heteroatoms. The summed E-state index contributed by atoms with van der Waals surface area (Å²) in [5.74, 6) is 0. The number of morpholine rings is 1. The third kappa shape index (κ3) is 3.63. The van der Waals surface area contributed by atoms with Crippen LogP contribution in [0.3, 0.4) is 0 Å². The summed E-state index contributed by atoms with van der Waals surface area (Å²) in [5.41, 5.74) is 1.31. The van der Waals surface area contributed by atoms with Crippen LogP contribution in [0.1, 0.15) is 5.69 Å². The summed E-state index contributed by atoms with van der Waals surface area (Å²) in [7, 11) is 2.17. The monoisotopic (exact) mass is 223 g/mol. The lowest BCUT2D eigenvalue weighted by molar-refractivity contribution is 0.0654. The highest BCUT2D eigenvalue weighted by atomic mass is 16.5. The van der Waals surface area contributed by atoms with Gasteiger partial charge in [0, 0.05) is 44.0 Å². The number of nitrogens with one attached hydrogen (secondary N) is 2. The van der Waals surface area contributed by atoms with E-state index in [4.69, 9.17) is 4.74 Å². The molecule has 0 aliphatic carbocycles. The zero-order chi connectivity index (χ0) is 11.2. The Hall–Kier alpha value is -0.840. The normalized spacial score (nSPS) is 21.5. The minimum atomic E-state index is 0.488. The van der Waals surface area contributed by atoms with Gasteiger partial charge in [0.1, 0.15) is 0 Å². The molecule has 0 spiro atoms. The van der Waals surface area contributed by atoms with Crippen LogP contribution in [0.25, 0.3) is 0 Å². The largest absolute Gasteiger partial charge is 0.378 e. The second kappa shape index (κ2) is 6.03. The zero-order valence-corrected chi connectivity index (χ0v) is 9.91. The van der Waals surface area contributed by atoms with E-state index < -0.39 is 0 Å². The summed E-state index contributed by atoms with van der Waals surface area (Å²) < 4.78 is 5.44. The van der Waals surface area contributed by atoms with E-state index in [0.717, 1.165) is 39.3 Å². The van der Waals surface area contributed by atoms with Crippen LogP contribution in [0.2, 0.25) is 0 Å². The molecule has 0 bridgehead atoms. The van der Waals surface area contributed by atoms with Crippen LogP contribution in [0.15, 0.2) is 18.3 Å². The molecule has 0 saturated carbocycles. The average Bonchev–Trinajstić information content (AvgIpc) is 2.81. The molecule has 0 aromatic carbocycles. The van der Waals surface area contributed by atoms with Crippen molar-refractivity contribution in [3.8, 4) is 0 Å². The molecule has 2 heterocycles. The van der Waals surface area contributed by atoms with Crippen LogP contribution in [0, 0.1) is 0 Å². The molecule has 1 aromatic rings. The smallest absolute Gasteiger partial charge is 0.0632 e. The molecule has 1 unspecified atom stereocenters. The fraction of sp³-hybridized carbons (Fsp3) is 0.667. The standard InChI is InChI=1S/C12H21N3O/c1-15(7-4-11-3-2-5-13-11)9-12-10-16-8-6-14-12/h2-3,5,12-14H,4,6-10H2,1H3. The Bertz CT molecular complexity index is 280. The second-order valence-corrected chi connectivity index (χ2v) is 4.43. The number of hydrogen-bond donors (Lipinski definition) is 2. The summed E-state index contributed by atoms with van der Waals surface area (Å²) in [6.07, 6.45) is 3.06. The Balaban J connectivity index is 1.65. The fourth-order valence-electron chi connectivity index (χ4n) is 2.04. The van der Waals surface area contributed by atoms with Crippen molar-refractivity contribution in [1.82, 2.24) is 15.2 Å². The molecule has 0 amide bonds. The lowest BCUT2D eigenvalue weighted by atomic mass is 10.2. The Morgan fingerprint density at radius 2 is 2.50 bits per heavy atom. The van der Waals surface area contributed by atoms with E-state index in [0.29, 0.717) is 6.04 Å². The molecule has 1 aliphatic rings. The van der Waals surface area contributed by atoms with Crippen LogP contribution in [-0.2, 0) is 11.2 Å². The quantitative estimate of drug-likeness (QED) is 0.762. The van der Waals surface area contributed by atoms with Crippen molar-refractivity contribution in [2.75, 3.05) is 39.9 Å². The van der Waals surface area contributed by atoms with E-state index >= 15 is 0 Å². The summed E-state index contributed by atoms with van der Waals surface area (Å²) in [6, 6.07) is 4.67. The van der Waals surface area contributed by atoms with Crippen molar-refractivity contribution in [3.63, 3.8) is 0 Å². The third-order valence-electron chi connectivity index (χ3n) is 2.96. The van der Waals surface area contributed by atoms with Crippen LogP contribution in [0.4, 0.5) is 0 Å². The molecule has 1 saturated heterocycles. The molecule has 2 N–H and O–H groups in total. The predicted octanol–water partition coefficient (Wildman–Crippen LogP) is 0.477. The summed E-state index contributed by atoms with van der Waals surface area (Å²) in [6.45, 7) is 4.81. The molecule has 1 atom stereocenters. The van der Waals surface area contributed by atoms with Gasteiger partial charge in [-0.25, -0.2) is 0 Å². The molecule has 1 aliphatic heterocycles. The van der Waals surface area contributed by atoms with Crippen molar-refractivity contribution in [3.05, 3.63) is 24.0 Å². The Kier molecular flexibility index (Phi) is 4.39. The lowest BCUT2D eigenvalue weighted by Gasteiger charge is -2.28. The van der Waals surface area contributed by atoms with Gasteiger partial charge >= 0.3 is 0 Å². The van der Waals surface area contributed by atoms with Crippen molar-refractivity contribution >= 4 is 0 Å². The molecule has 16 heavy (non-hydrogen) atoms. The molecule has 4 nitrogen and oxygen atoms in total. The maximum absolute atomic E-state index is 5.44. The number of aromatic nitrogens is 1. The summed E-state index contributed by atoms with van der Waals surface area (Å²) in [5, 5.41) is 3.47. The highest BCUT2D eigenvalue weighted by molar-refractivity contribution is 5.03. The van der Waals surface area contributed by atoms with Gasteiger partial charge in [0.2, 0.25) is 0 Å². The Morgan fingerprint density at radius 1 is 1.56 bits per heavy atom. The van der Waals surface area contributed by atoms with Crippen molar-refractivity contribution in [2.45, 2.75) is 12.5 Å². The van der Waals surface area contributed by atoms with Crippen LogP contribution in [0.5, 0.6) is 0 Å². The summed E-state index contributed by atoms with van der Waals surface area (Å²) >= 11 is 0. The zero-order valence-electron chi connectivity index (χ0n) is 9.91. The number of hydrogen-bond acceptors (Lipinski definition) is 3. The first-order valence-electron chi connectivity index (χ1n) is 5.96.